The molecule has 27 heavy (non-hydrogen) atoms. The number of amides is 1. The monoisotopic (exact) mass is 353 g/mol. The number of para-hydroxylation sites is 1. The number of nitrogens with zero attached hydrogens (tertiary/aromatic N) is 2. The van der Waals surface area contributed by atoms with Crippen LogP contribution in [0.3, 0.4) is 0 Å². The number of hydrogen-bond donors (Lipinski definition) is 1. The van der Waals surface area contributed by atoms with Crippen molar-refractivity contribution in [3.05, 3.63) is 102 Å². The van der Waals surface area contributed by atoms with Crippen molar-refractivity contribution < 1.29 is 4.79 Å². The quantitative estimate of drug-likeness (QED) is 0.419. The van der Waals surface area contributed by atoms with E-state index in [1.165, 1.54) is 0 Å². The van der Waals surface area contributed by atoms with Crippen LogP contribution in [0.5, 0.6) is 0 Å². The third-order valence-electron chi connectivity index (χ3n) is 4.52. The molecule has 0 fully saturated rings. The molecule has 0 unspecified atom stereocenters. The molecule has 4 aromatic rings. The lowest BCUT2D eigenvalue weighted by Gasteiger charge is -2.09. The summed E-state index contributed by atoms with van der Waals surface area (Å²) < 4.78 is 2.09. The van der Waals surface area contributed by atoms with Gasteiger partial charge in [-0.3, -0.25) is 4.79 Å². The average Bonchev–Trinajstić information content (AvgIpc) is 3.08. The fourth-order valence-corrected chi connectivity index (χ4v) is 3.23. The van der Waals surface area contributed by atoms with Gasteiger partial charge in [0.05, 0.1) is 11.9 Å². The maximum atomic E-state index is 12.6. The highest BCUT2D eigenvalue weighted by atomic mass is 16.2. The Balaban J connectivity index is 1.58. The molecule has 132 valence electrons. The van der Waals surface area contributed by atoms with Crippen LogP contribution in [-0.4, -0.2) is 16.7 Å². The first kappa shape index (κ1) is 16.8. The average molecular weight is 353 g/mol. The van der Waals surface area contributed by atoms with Crippen LogP contribution in [0.1, 0.15) is 21.7 Å². The second kappa shape index (κ2) is 7.30. The first-order chi connectivity index (χ1) is 13.2. The number of hydrazone groups is 1. The molecule has 4 rings (SSSR count). The molecule has 0 aliphatic rings. The summed E-state index contributed by atoms with van der Waals surface area (Å²) >= 11 is 0. The molecule has 4 heteroatoms. The predicted molar refractivity (Wildman–Crippen MR) is 110 cm³/mol. The molecular weight excluding hydrogens is 334 g/mol. The zero-order valence-corrected chi connectivity index (χ0v) is 15.0. The summed E-state index contributed by atoms with van der Waals surface area (Å²) in [6.45, 7) is 2.04. The van der Waals surface area contributed by atoms with E-state index < -0.39 is 0 Å². The molecule has 0 aliphatic carbocycles. The van der Waals surface area contributed by atoms with E-state index >= 15 is 0 Å². The Kier molecular flexibility index (Phi) is 4.54. The molecule has 0 spiro atoms. The van der Waals surface area contributed by atoms with E-state index in [-0.39, 0.29) is 5.91 Å². The highest BCUT2D eigenvalue weighted by Crippen LogP contribution is 2.18. The van der Waals surface area contributed by atoms with Crippen LogP contribution in [0.2, 0.25) is 0 Å². The number of rotatable bonds is 4. The van der Waals surface area contributed by atoms with Gasteiger partial charge in [0.15, 0.2) is 0 Å². The van der Waals surface area contributed by atoms with Gasteiger partial charge in [-0.05, 0) is 48.0 Å². The van der Waals surface area contributed by atoms with Crippen LogP contribution in [0, 0.1) is 6.92 Å². The Morgan fingerprint density at radius 3 is 2.48 bits per heavy atom. The Labute approximate surface area is 157 Å². The maximum absolute atomic E-state index is 12.6. The van der Waals surface area contributed by atoms with Crippen molar-refractivity contribution in [1.82, 2.24) is 9.99 Å². The molecule has 1 aromatic heterocycles. The van der Waals surface area contributed by atoms with Crippen LogP contribution < -0.4 is 5.43 Å². The van der Waals surface area contributed by atoms with Gasteiger partial charge in [0.2, 0.25) is 0 Å². The summed E-state index contributed by atoms with van der Waals surface area (Å²) in [5.41, 5.74) is 6.31. The Morgan fingerprint density at radius 1 is 0.889 bits per heavy atom. The van der Waals surface area contributed by atoms with E-state index in [1.807, 2.05) is 91.9 Å². The number of nitrogens with one attached hydrogen (secondary N) is 1. The first-order valence-corrected chi connectivity index (χ1v) is 8.79. The molecular formula is C23H19N3O. The minimum Gasteiger partial charge on any atom is -0.313 e. The third kappa shape index (κ3) is 3.37. The number of carbonyl (C=O) groups is 1. The van der Waals surface area contributed by atoms with Crippen LogP contribution in [0.15, 0.2) is 90.0 Å². The summed E-state index contributed by atoms with van der Waals surface area (Å²) in [7, 11) is 0. The number of aryl methyl sites for hydroxylation is 1. The van der Waals surface area contributed by atoms with E-state index in [9.17, 15) is 4.79 Å². The lowest BCUT2D eigenvalue weighted by Crippen LogP contribution is -2.18. The van der Waals surface area contributed by atoms with E-state index in [0.29, 0.717) is 5.56 Å². The minimum atomic E-state index is -0.224. The number of carbonyl (C=O) groups excluding carboxylic acids is 1. The smallest absolute Gasteiger partial charge is 0.271 e. The van der Waals surface area contributed by atoms with Crippen molar-refractivity contribution in [3.63, 3.8) is 0 Å². The fraction of sp³-hybridized carbons (Fsp3) is 0.0435. The molecule has 0 saturated heterocycles. The van der Waals surface area contributed by atoms with Crippen molar-refractivity contribution in [2.24, 2.45) is 5.10 Å². The summed E-state index contributed by atoms with van der Waals surface area (Å²) in [6.07, 6.45) is 1.67. The topological polar surface area (TPSA) is 46.4 Å². The highest BCUT2D eigenvalue weighted by Gasteiger charge is 2.09. The summed E-state index contributed by atoms with van der Waals surface area (Å²) in [5, 5.41) is 6.12. The number of hydrogen-bond acceptors (Lipinski definition) is 2. The van der Waals surface area contributed by atoms with Gasteiger partial charge in [-0.1, -0.05) is 54.6 Å². The Morgan fingerprint density at radius 2 is 1.63 bits per heavy atom. The van der Waals surface area contributed by atoms with Crippen molar-refractivity contribution >= 4 is 22.9 Å². The van der Waals surface area contributed by atoms with Crippen LogP contribution in [0.4, 0.5) is 0 Å². The van der Waals surface area contributed by atoms with Crippen molar-refractivity contribution in [1.29, 1.82) is 0 Å². The molecule has 0 bridgehead atoms. The Bertz CT molecular complexity index is 1120. The van der Waals surface area contributed by atoms with Gasteiger partial charge in [-0.25, -0.2) is 5.43 Å². The van der Waals surface area contributed by atoms with Crippen molar-refractivity contribution in [2.75, 3.05) is 0 Å². The molecule has 0 atom stereocenters. The molecule has 0 aliphatic heterocycles. The normalized spacial score (nSPS) is 11.1. The van der Waals surface area contributed by atoms with Gasteiger partial charge in [0, 0.05) is 16.9 Å². The molecule has 0 radical (unpaired) electrons. The standard InChI is InChI=1S/C23H19N3O/c1-17-14-15-20(26(17)19-10-3-2-4-11-19)16-24-25-23(27)22-13-7-9-18-8-5-6-12-21(18)22/h2-16H,1H3,(H,25,27)/b24-16+. The van der Waals surface area contributed by atoms with E-state index in [1.54, 1.807) is 6.21 Å². The lowest BCUT2D eigenvalue weighted by atomic mass is 10.0. The maximum Gasteiger partial charge on any atom is 0.271 e. The second-order valence-electron chi connectivity index (χ2n) is 6.30. The van der Waals surface area contributed by atoms with Crippen LogP contribution in [-0.2, 0) is 0 Å². The summed E-state index contributed by atoms with van der Waals surface area (Å²) in [5.74, 6) is -0.224. The summed E-state index contributed by atoms with van der Waals surface area (Å²) in [6, 6.07) is 27.6. The lowest BCUT2D eigenvalue weighted by molar-refractivity contribution is 0.0957. The van der Waals surface area contributed by atoms with Crippen LogP contribution >= 0.6 is 0 Å². The second-order valence-corrected chi connectivity index (χ2v) is 6.30. The molecule has 3 aromatic carbocycles. The molecule has 0 saturated carbocycles. The number of fused-ring (bicyclic) bond motifs is 1. The predicted octanol–water partition coefficient (Wildman–Crippen LogP) is 4.70. The van der Waals surface area contributed by atoms with E-state index in [2.05, 4.69) is 15.1 Å². The molecule has 1 amide bonds. The fourth-order valence-electron chi connectivity index (χ4n) is 3.23. The SMILES string of the molecule is Cc1ccc(/C=N/NC(=O)c2cccc3ccccc23)n1-c1ccccc1. The number of aromatic nitrogens is 1. The largest absolute Gasteiger partial charge is 0.313 e. The van der Waals surface area contributed by atoms with Gasteiger partial charge in [-0.2, -0.15) is 5.10 Å². The summed E-state index contributed by atoms with van der Waals surface area (Å²) in [4.78, 5) is 12.6. The zero-order valence-electron chi connectivity index (χ0n) is 15.0. The third-order valence-corrected chi connectivity index (χ3v) is 4.52. The van der Waals surface area contributed by atoms with E-state index in [0.717, 1.165) is 27.8 Å². The molecule has 1 N–H and O–H groups in total. The van der Waals surface area contributed by atoms with Crippen molar-refractivity contribution in [2.45, 2.75) is 6.92 Å². The van der Waals surface area contributed by atoms with Gasteiger partial charge < -0.3 is 4.57 Å². The Hall–Kier alpha value is -3.66. The van der Waals surface area contributed by atoms with Crippen LogP contribution in [0.25, 0.3) is 16.5 Å². The first-order valence-electron chi connectivity index (χ1n) is 8.79. The molecule has 4 nitrogen and oxygen atoms in total. The van der Waals surface area contributed by atoms with Gasteiger partial charge in [0.1, 0.15) is 0 Å². The van der Waals surface area contributed by atoms with E-state index in [4.69, 9.17) is 0 Å². The number of benzene rings is 3. The van der Waals surface area contributed by atoms with Gasteiger partial charge in [0.25, 0.3) is 5.91 Å². The van der Waals surface area contributed by atoms with Crippen molar-refractivity contribution in [3.8, 4) is 5.69 Å². The highest BCUT2D eigenvalue weighted by molar-refractivity contribution is 6.07. The zero-order chi connectivity index (χ0) is 18.6. The van der Waals surface area contributed by atoms with Gasteiger partial charge >= 0.3 is 0 Å². The molecule has 1 heterocycles. The minimum absolute atomic E-state index is 0.224. The van der Waals surface area contributed by atoms with Gasteiger partial charge in [-0.15, -0.1) is 0 Å².